The van der Waals surface area contributed by atoms with E-state index in [0.29, 0.717) is 29.6 Å². The van der Waals surface area contributed by atoms with E-state index in [9.17, 15) is 9.59 Å². The summed E-state index contributed by atoms with van der Waals surface area (Å²) in [6.07, 6.45) is 0. The Kier molecular flexibility index (Phi) is 7.23. The Labute approximate surface area is 159 Å². The summed E-state index contributed by atoms with van der Waals surface area (Å²) in [4.78, 5) is 24.3. The van der Waals surface area contributed by atoms with Crippen molar-refractivity contribution < 1.29 is 19.1 Å². The molecule has 2 amide bonds. The molecule has 0 saturated heterocycles. The molecule has 0 spiro atoms. The molecule has 0 saturated carbocycles. The molecule has 0 atom stereocenters. The van der Waals surface area contributed by atoms with E-state index in [0.717, 1.165) is 11.1 Å². The lowest BCUT2D eigenvalue weighted by Crippen LogP contribution is -2.44. The molecule has 2 aromatic carbocycles. The van der Waals surface area contributed by atoms with Gasteiger partial charge in [-0.3, -0.25) is 20.4 Å². The van der Waals surface area contributed by atoms with Gasteiger partial charge in [0.25, 0.3) is 11.8 Å². The van der Waals surface area contributed by atoms with Crippen molar-refractivity contribution in [1.29, 1.82) is 0 Å². The Morgan fingerprint density at radius 2 is 1.59 bits per heavy atom. The van der Waals surface area contributed by atoms with Gasteiger partial charge in [-0.15, -0.1) is 0 Å². The summed E-state index contributed by atoms with van der Waals surface area (Å²) in [6.45, 7) is 8.18. The lowest BCUT2D eigenvalue weighted by molar-refractivity contribution is -0.123. The highest BCUT2D eigenvalue weighted by Gasteiger charge is 2.14. The van der Waals surface area contributed by atoms with Crippen LogP contribution in [0, 0.1) is 19.8 Å². The number of rotatable bonds is 7. The smallest absolute Gasteiger partial charge is 0.276 e. The van der Waals surface area contributed by atoms with Gasteiger partial charge in [0.15, 0.2) is 6.61 Å². The van der Waals surface area contributed by atoms with Crippen LogP contribution in [0.15, 0.2) is 42.5 Å². The van der Waals surface area contributed by atoms with Gasteiger partial charge in [-0.2, -0.15) is 0 Å². The highest BCUT2D eigenvalue weighted by atomic mass is 16.5. The van der Waals surface area contributed by atoms with Gasteiger partial charge in [0, 0.05) is 0 Å². The fourth-order valence-corrected chi connectivity index (χ4v) is 2.43. The van der Waals surface area contributed by atoms with E-state index < -0.39 is 11.8 Å². The number of nitrogens with one attached hydrogen (secondary N) is 2. The number of hydrogen-bond donors (Lipinski definition) is 2. The van der Waals surface area contributed by atoms with Crippen molar-refractivity contribution in [2.45, 2.75) is 27.7 Å². The minimum atomic E-state index is -0.452. The van der Waals surface area contributed by atoms with Crippen LogP contribution in [0.5, 0.6) is 11.5 Å². The molecule has 0 unspecified atom stereocenters. The Bertz CT molecular complexity index is 782. The van der Waals surface area contributed by atoms with Crippen molar-refractivity contribution in [3.63, 3.8) is 0 Å². The van der Waals surface area contributed by atoms with Gasteiger partial charge in [0.2, 0.25) is 0 Å². The second kappa shape index (κ2) is 9.62. The Hall–Kier alpha value is -3.02. The fourth-order valence-electron chi connectivity index (χ4n) is 2.43. The van der Waals surface area contributed by atoms with Crippen LogP contribution in [-0.2, 0) is 4.79 Å². The third kappa shape index (κ3) is 6.02. The van der Waals surface area contributed by atoms with Crippen molar-refractivity contribution in [3.05, 3.63) is 59.2 Å². The number of hydrogen-bond acceptors (Lipinski definition) is 4. The first-order valence-corrected chi connectivity index (χ1v) is 8.88. The molecule has 6 nitrogen and oxygen atoms in total. The number of carbonyl (C=O) groups excluding carboxylic acids is 2. The molecule has 0 heterocycles. The standard InChI is InChI=1S/C21H26N2O4/c1-14(2)12-26-18-11-6-5-10-17(18)21(25)23-22-19(24)13-27-20-15(3)8-7-9-16(20)4/h5-11,14H,12-13H2,1-4H3,(H,22,24)(H,23,25). The van der Waals surface area contributed by atoms with Gasteiger partial charge in [-0.25, -0.2) is 0 Å². The van der Waals surface area contributed by atoms with Gasteiger partial charge >= 0.3 is 0 Å². The summed E-state index contributed by atoms with van der Waals surface area (Å²) in [5, 5.41) is 0. The maximum Gasteiger partial charge on any atom is 0.276 e. The van der Waals surface area contributed by atoms with E-state index in [-0.39, 0.29) is 6.61 Å². The molecule has 0 bridgehead atoms. The van der Waals surface area contributed by atoms with E-state index >= 15 is 0 Å². The average molecular weight is 370 g/mol. The first kappa shape index (κ1) is 20.3. The molecule has 2 N–H and O–H groups in total. The number of amides is 2. The molecule has 2 rings (SSSR count). The minimum Gasteiger partial charge on any atom is -0.492 e. The Morgan fingerprint density at radius 1 is 0.926 bits per heavy atom. The molecule has 0 aliphatic carbocycles. The Morgan fingerprint density at radius 3 is 2.26 bits per heavy atom. The molecule has 6 heteroatoms. The summed E-state index contributed by atoms with van der Waals surface area (Å²) >= 11 is 0. The third-order valence-electron chi connectivity index (χ3n) is 3.78. The van der Waals surface area contributed by atoms with Gasteiger partial charge in [0.1, 0.15) is 11.5 Å². The SMILES string of the molecule is Cc1cccc(C)c1OCC(=O)NNC(=O)c1ccccc1OCC(C)C. The number of hydrazine groups is 1. The number of para-hydroxylation sites is 2. The molecule has 0 aliphatic rings. The van der Waals surface area contributed by atoms with E-state index in [1.165, 1.54) is 0 Å². The number of ether oxygens (including phenoxy) is 2. The number of carbonyl (C=O) groups is 2. The summed E-state index contributed by atoms with van der Waals surface area (Å²) in [6, 6.07) is 12.7. The largest absolute Gasteiger partial charge is 0.492 e. The molecule has 144 valence electrons. The molecular formula is C21H26N2O4. The molecular weight excluding hydrogens is 344 g/mol. The number of benzene rings is 2. The quantitative estimate of drug-likeness (QED) is 0.734. The van der Waals surface area contributed by atoms with E-state index in [4.69, 9.17) is 9.47 Å². The summed E-state index contributed by atoms with van der Waals surface area (Å²) in [5.41, 5.74) is 7.01. The predicted octanol–water partition coefficient (Wildman–Crippen LogP) is 3.18. The van der Waals surface area contributed by atoms with Gasteiger partial charge in [-0.05, 0) is 43.0 Å². The van der Waals surface area contributed by atoms with Crippen molar-refractivity contribution in [2.75, 3.05) is 13.2 Å². The zero-order valence-electron chi connectivity index (χ0n) is 16.2. The fraction of sp³-hybridized carbons (Fsp3) is 0.333. The van der Waals surface area contributed by atoms with Crippen molar-refractivity contribution in [1.82, 2.24) is 10.9 Å². The first-order valence-electron chi connectivity index (χ1n) is 8.88. The van der Waals surface area contributed by atoms with Crippen LogP contribution in [0.3, 0.4) is 0 Å². The van der Waals surface area contributed by atoms with Gasteiger partial charge in [-0.1, -0.05) is 44.2 Å². The highest BCUT2D eigenvalue weighted by Crippen LogP contribution is 2.22. The van der Waals surface area contributed by atoms with Crippen molar-refractivity contribution in [3.8, 4) is 11.5 Å². The van der Waals surface area contributed by atoms with Crippen LogP contribution in [0.1, 0.15) is 35.3 Å². The summed E-state index contributed by atoms with van der Waals surface area (Å²) in [5.74, 6) is 0.584. The third-order valence-corrected chi connectivity index (χ3v) is 3.78. The molecule has 2 aromatic rings. The lowest BCUT2D eigenvalue weighted by atomic mass is 10.1. The minimum absolute atomic E-state index is 0.197. The zero-order valence-corrected chi connectivity index (χ0v) is 16.2. The van der Waals surface area contributed by atoms with Crippen molar-refractivity contribution >= 4 is 11.8 Å². The zero-order chi connectivity index (χ0) is 19.8. The molecule has 0 aromatic heterocycles. The highest BCUT2D eigenvalue weighted by molar-refractivity contribution is 5.97. The van der Waals surface area contributed by atoms with Crippen LogP contribution in [0.25, 0.3) is 0 Å². The summed E-state index contributed by atoms with van der Waals surface area (Å²) < 4.78 is 11.2. The predicted molar refractivity (Wildman–Crippen MR) is 104 cm³/mol. The average Bonchev–Trinajstić information content (AvgIpc) is 2.64. The second-order valence-corrected chi connectivity index (χ2v) is 6.71. The maximum absolute atomic E-state index is 12.4. The molecule has 0 aliphatic heterocycles. The summed E-state index contributed by atoms with van der Waals surface area (Å²) in [7, 11) is 0. The molecule has 0 fully saturated rings. The van der Waals surface area contributed by atoms with Crippen LogP contribution in [-0.4, -0.2) is 25.0 Å². The maximum atomic E-state index is 12.4. The monoisotopic (exact) mass is 370 g/mol. The van der Waals surface area contributed by atoms with E-state index in [1.54, 1.807) is 24.3 Å². The number of aryl methyl sites for hydroxylation is 2. The second-order valence-electron chi connectivity index (χ2n) is 6.71. The van der Waals surface area contributed by atoms with Crippen LogP contribution in [0.4, 0.5) is 0 Å². The van der Waals surface area contributed by atoms with Crippen LogP contribution >= 0.6 is 0 Å². The van der Waals surface area contributed by atoms with Crippen molar-refractivity contribution in [2.24, 2.45) is 5.92 Å². The van der Waals surface area contributed by atoms with E-state index in [2.05, 4.69) is 10.9 Å². The topological polar surface area (TPSA) is 76.7 Å². The van der Waals surface area contributed by atoms with Gasteiger partial charge in [0.05, 0.1) is 12.2 Å². The first-order chi connectivity index (χ1) is 12.9. The van der Waals surface area contributed by atoms with E-state index in [1.807, 2.05) is 45.9 Å². The normalized spacial score (nSPS) is 10.4. The molecule has 27 heavy (non-hydrogen) atoms. The van der Waals surface area contributed by atoms with Gasteiger partial charge < -0.3 is 9.47 Å². The Balaban J connectivity index is 1.89. The molecule has 0 radical (unpaired) electrons. The van der Waals surface area contributed by atoms with Crippen LogP contribution < -0.4 is 20.3 Å². The van der Waals surface area contributed by atoms with Crippen LogP contribution in [0.2, 0.25) is 0 Å². The lowest BCUT2D eigenvalue weighted by Gasteiger charge is -2.14.